The summed E-state index contributed by atoms with van der Waals surface area (Å²) in [4.78, 5) is 6.88. The number of hydrogen-bond acceptors (Lipinski definition) is 3. The van der Waals surface area contributed by atoms with Gasteiger partial charge in [-0.3, -0.25) is 4.90 Å². The second kappa shape index (κ2) is 9.64. The van der Waals surface area contributed by atoms with Crippen molar-refractivity contribution in [3.05, 3.63) is 35.4 Å². The topological polar surface area (TPSA) is 62.9 Å². The number of morpholine rings is 1. The molecular weight excluding hydrogens is 300 g/mol. The van der Waals surface area contributed by atoms with Crippen LogP contribution in [-0.2, 0) is 17.8 Å². The van der Waals surface area contributed by atoms with Crippen molar-refractivity contribution in [3.8, 4) is 0 Å². The zero-order valence-corrected chi connectivity index (χ0v) is 15.3. The second-order valence-electron chi connectivity index (χ2n) is 7.05. The van der Waals surface area contributed by atoms with E-state index in [1.807, 2.05) is 0 Å². The summed E-state index contributed by atoms with van der Waals surface area (Å²) in [7, 11) is 0. The number of aliphatic imine (C=N–C) groups is 1. The largest absolute Gasteiger partial charge is 0.376 e. The van der Waals surface area contributed by atoms with Crippen LogP contribution in [0.25, 0.3) is 0 Å². The van der Waals surface area contributed by atoms with E-state index in [0.717, 1.165) is 39.2 Å². The molecule has 1 aromatic rings. The van der Waals surface area contributed by atoms with E-state index < -0.39 is 0 Å². The molecule has 5 nitrogen and oxygen atoms in total. The van der Waals surface area contributed by atoms with Crippen LogP contribution in [0.2, 0.25) is 0 Å². The second-order valence-corrected chi connectivity index (χ2v) is 7.05. The number of ether oxygens (including phenoxy) is 1. The lowest BCUT2D eigenvalue weighted by Gasteiger charge is -2.31. The number of nitrogens with zero attached hydrogens (tertiary/aromatic N) is 2. The molecule has 1 aromatic carbocycles. The van der Waals surface area contributed by atoms with Gasteiger partial charge in [-0.05, 0) is 30.4 Å². The van der Waals surface area contributed by atoms with E-state index in [1.165, 1.54) is 11.1 Å². The highest BCUT2D eigenvalue weighted by Gasteiger charge is 2.16. The Morgan fingerprint density at radius 2 is 2.21 bits per heavy atom. The maximum absolute atomic E-state index is 5.93. The van der Waals surface area contributed by atoms with Crippen LogP contribution in [0.1, 0.15) is 38.3 Å². The van der Waals surface area contributed by atoms with E-state index in [4.69, 9.17) is 10.5 Å². The van der Waals surface area contributed by atoms with E-state index in [-0.39, 0.29) is 0 Å². The Morgan fingerprint density at radius 1 is 1.42 bits per heavy atom. The predicted molar refractivity (Wildman–Crippen MR) is 99.9 cm³/mol. The van der Waals surface area contributed by atoms with Crippen molar-refractivity contribution in [2.75, 3.05) is 26.2 Å². The first-order chi connectivity index (χ1) is 11.5. The maximum Gasteiger partial charge on any atom is 0.188 e. The van der Waals surface area contributed by atoms with Gasteiger partial charge < -0.3 is 15.8 Å². The third-order valence-corrected chi connectivity index (χ3v) is 4.18. The molecule has 1 fully saturated rings. The molecule has 0 aromatic heterocycles. The first-order valence-electron chi connectivity index (χ1n) is 8.98. The summed E-state index contributed by atoms with van der Waals surface area (Å²) in [6.07, 6.45) is 1.42. The number of nitrogens with two attached hydrogens (primary N) is 1. The van der Waals surface area contributed by atoms with E-state index in [2.05, 4.69) is 60.2 Å². The highest BCUT2D eigenvalue weighted by Crippen LogP contribution is 2.12. The highest BCUT2D eigenvalue weighted by atomic mass is 16.5. The van der Waals surface area contributed by atoms with Crippen LogP contribution in [0.4, 0.5) is 0 Å². The molecule has 134 valence electrons. The van der Waals surface area contributed by atoms with Gasteiger partial charge in [-0.25, -0.2) is 4.99 Å². The molecular formula is C19H32N4O. The molecule has 1 heterocycles. The molecule has 3 N–H and O–H groups in total. The molecule has 1 unspecified atom stereocenters. The summed E-state index contributed by atoms with van der Waals surface area (Å²) in [5.74, 6) is 1.20. The maximum atomic E-state index is 5.93. The Hall–Kier alpha value is -1.59. The highest BCUT2D eigenvalue weighted by molar-refractivity contribution is 5.77. The molecule has 5 heteroatoms. The van der Waals surface area contributed by atoms with Crippen LogP contribution in [-0.4, -0.2) is 43.2 Å². The standard InChI is InChI=1S/C19H32N4O/c1-15(2)7-8-21-19(20)22-12-17-5-4-6-18(11-17)14-23-9-10-24-16(3)13-23/h4-6,11,15-16H,7-10,12-14H2,1-3H3,(H3,20,21,22). The van der Waals surface area contributed by atoms with Gasteiger partial charge in [0.15, 0.2) is 5.96 Å². The number of nitrogens with one attached hydrogen (secondary N) is 1. The van der Waals surface area contributed by atoms with Crippen molar-refractivity contribution in [3.63, 3.8) is 0 Å². The van der Waals surface area contributed by atoms with Crippen molar-refractivity contribution in [1.29, 1.82) is 0 Å². The number of guanidine groups is 1. The third-order valence-electron chi connectivity index (χ3n) is 4.18. The summed E-state index contributed by atoms with van der Waals surface area (Å²) in [5.41, 5.74) is 8.45. The van der Waals surface area contributed by atoms with E-state index >= 15 is 0 Å². The lowest BCUT2D eigenvalue weighted by molar-refractivity contribution is -0.0212. The minimum absolute atomic E-state index is 0.322. The van der Waals surface area contributed by atoms with Gasteiger partial charge in [-0.1, -0.05) is 38.1 Å². The van der Waals surface area contributed by atoms with Gasteiger partial charge in [0.25, 0.3) is 0 Å². The third kappa shape index (κ3) is 6.89. The molecule has 0 saturated carbocycles. The number of benzene rings is 1. The van der Waals surface area contributed by atoms with Gasteiger partial charge in [0.1, 0.15) is 0 Å². The van der Waals surface area contributed by atoms with Crippen LogP contribution in [0, 0.1) is 5.92 Å². The van der Waals surface area contributed by atoms with Crippen LogP contribution < -0.4 is 11.1 Å². The Balaban J connectivity index is 1.83. The molecule has 1 saturated heterocycles. The van der Waals surface area contributed by atoms with Gasteiger partial charge in [0.2, 0.25) is 0 Å². The zero-order chi connectivity index (χ0) is 17.4. The average Bonchev–Trinajstić information content (AvgIpc) is 2.53. The molecule has 0 aliphatic carbocycles. The van der Waals surface area contributed by atoms with E-state index in [1.54, 1.807) is 0 Å². The molecule has 0 radical (unpaired) electrons. The van der Waals surface area contributed by atoms with Crippen LogP contribution in [0.5, 0.6) is 0 Å². The van der Waals surface area contributed by atoms with Crippen LogP contribution in [0.15, 0.2) is 29.3 Å². The minimum Gasteiger partial charge on any atom is -0.376 e. The monoisotopic (exact) mass is 332 g/mol. The van der Waals surface area contributed by atoms with Crippen LogP contribution >= 0.6 is 0 Å². The quantitative estimate of drug-likeness (QED) is 0.594. The van der Waals surface area contributed by atoms with Crippen molar-refractivity contribution in [2.24, 2.45) is 16.6 Å². The molecule has 24 heavy (non-hydrogen) atoms. The van der Waals surface area contributed by atoms with Crippen LogP contribution in [0.3, 0.4) is 0 Å². The first kappa shape index (κ1) is 18.7. The Bertz CT molecular complexity index is 530. The van der Waals surface area contributed by atoms with Gasteiger partial charge >= 0.3 is 0 Å². The Morgan fingerprint density at radius 3 is 2.96 bits per heavy atom. The average molecular weight is 332 g/mol. The minimum atomic E-state index is 0.322. The summed E-state index contributed by atoms with van der Waals surface area (Å²) in [6, 6.07) is 8.62. The zero-order valence-electron chi connectivity index (χ0n) is 15.3. The lowest BCUT2D eigenvalue weighted by atomic mass is 10.1. The normalized spacial score (nSPS) is 19.7. The Kier molecular flexibility index (Phi) is 7.53. The van der Waals surface area contributed by atoms with Gasteiger partial charge in [0.05, 0.1) is 19.3 Å². The van der Waals surface area contributed by atoms with Gasteiger partial charge in [-0.2, -0.15) is 0 Å². The lowest BCUT2D eigenvalue weighted by Crippen LogP contribution is -2.40. The van der Waals surface area contributed by atoms with Crippen molar-refractivity contribution >= 4 is 5.96 Å². The molecule has 0 spiro atoms. The van der Waals surface area contributed by atoms with Crippen molar-refractivity contribution in [2.45, 2.75) is 46.4 Å². The molecule has 1 aliphatic rings. The Labute approximate surface area is 146 Å². The fraction of sp³-hybridized carbons (Fsp3) is 0.632. The molecule has 0 amide bonds. The van der Waals surface area contributed by atoms with E-state index in [9.17, 15) is 0 Å². The fourth-order valence-electron chi connectivity index (χ4n) is 2.84. The van der Waals surface area contributed by atoms with Crippen molar-refractivity contribution in [1.82, 2.24) is 10.2 Å². The number of hydrogen-bond donors (Lipinski definition) is 2. The molecule has 0 bridgehead atoms. The predicted octanol–water partition coefficient (Wildman–Crippen LogP) is 2.36. The number of rotatable bonds is 7. The summed E-state index contributed by atoms with van der Waals surface area (Å²) in [6.45, 7) is 11.8. The van der Waals surface area contributed by atoms with Gasteiger partial charge in [-0.15, -0.1) is 0 Å². The van der Waals surface area contributed by atoms with E-state index in [0.29, 0.717) is 24.5 Å². The van der Waals surface area contributed by atoms with Crippen molar-refractivity contribution < 1.29 is 4.74 Å². The molecule has 1 aliphatic heterocycles. The van der Waals surface area contributed by atoms with Gasteiger partial charge in [0, 0.05) is 26.2 Å². The summed E-state index contributed by atoms with van der Waals surface area (Å²) < 4.78 is 5.60. The first-order valence-corrected chi connectivity index (χ1v) is 8.98. The smallest absolute Gasteiger partial charge is 0.188 e. The summed E-state index contributed by atoms with van der Waals surface area (Å²) >= 11 is 0. The summed E-state index contributed by atoms with van der Waals surface area (Å²) in [5, 5.41) is 3.18. The molecule has 2 rings (SSSR count). The molecule has 1 atom stereocenters. The fourth-order valence-corrected chi connectivity index (χ4v) is 2.84. The SMILES string of the molecule is CC(C)CCNC(N)=NCc1cccc(CN2CCOC(C)C2)c1.